The van der Waals surface area contributed by atoms with Crippen molar-refractivity contribution in [2.75, 3.05) is 7.05 Å². The Hall–Kier alpha value is -1.49. The van der Waals surface area contributed by atoms with Crippen molar-refractivity contribution in [2.45, 2.75) is 106 Å². The first kappa shape index (κ1) is 26.1. The van der Waals surface area contributed by atoms with Crippen LogP contribution in [0.1, 0.15) is 106 Å². The van der Waals surface area contributed by atoms with Crippen LogP contribution >= 0.6 is 0 Å². The Morgan fingerprint density at radius 2 is 1.64 bits per heavy atom. The predicted molar refractivity (Wildman–Crippen MR) is 142 cm³/mol. The molecule has 0 bridgehead atoms. The van der Waals surface area contributed by atoms with E-state index in [1.54, 1.807) is 0 Å². The average molecular weight is 497 g/mol. The van der Waals surface area contributed by atoms with E-state index in [9.17, 15) is 14.8 Å². The van der Waals surface area contributed by atoms with Crippen molar-refractivity contribution in [3.63, 3.8) is 0 Å². The lowest BCUT2D eigenvalue weighted by atomic mass is 9.33. The molecule has 4 saturated carbocycles. The Labute approximate surface area is 217 Å². The number of fused-ring (bicyclic) bond motifs is 7. The predicted octanol–water partition coefficient (Wildman–Crippen LogP) is 6.83. The number of carbonyl (C=O) groups is 2. The Balaban J connectivity index is 1.61. The number of ketones is 1. The largest absolute Gasteiger partial charge is 0.309 e. The first-order valence-corrected chi connectivity index (χ1v) is 14.3. The van der Waals surface area contributed by atoms with Gasteiger partial charge in [-0.3, -0.25) is 14.8 Å². The number of carbonyl (C=O) groups excluding carboxylic acids is 2. The van der Waals surface area contributed by atoms with Crippen molar-refractivity contribution in [1.82, 2.24) is 5.06 Å². The molecule has 5 rings (SSSR count). The molecule has 0 radical (unpaired) electrons. The molecular formula is C31H48N2O3. The molecule has 1 unspecified atom stereocenters. The van der Waals surface area contributed by atoms with Gasteiger partial charge in [0, 0.05) is 29.5 Å². The van der Waals surface area contributed by atoms with Gasteiger partial charge in [0.2, 0.25) is 0 Å². The number of nitrogens with zero attached hydrogens (tertiary/aromatic N) is 1. The molecular weight excluding hydrogens is 448 g/mol. The molecule has 0 aromatic rings. The van der Waals surface area contributed by atoms with Crippen LogP contribution in [0.15, 0.2) is 11.6 Å². The second-order valence-corrected chi connectivity index (χ2v) is 15.3. The van der Waals surface area contributed by atoms with E-state index < -0.39 is 5.41 Å². The summed E-state index contributed by atoms with van der Waals surface area (Å²) in [4.78, 5) is 27.4. The monoisotopic (exact) mass is 496 g/mol. The molecule has 8 atom stereocenters. The molecule has 5 aliphatic rings. The summed E-state index contributed by atoms with van der Waals surface area (Å²) in [6, 6.07) is 0. The summed E-state index contributed by atoms with van der Waals surface area (Å²) in [7, 11) is 1.44. The van der Waals surface area contributed by atoms with Gasteiger partial charge in [-0.2, -0.15) is 0 Å². The van der Waals surface area contributed by atoms with Crippen LogP contribution in [-0.4, -0.2) is 34.7 Å². The van der Waals surface area contributed by atoms with E-state index in [1.807, 2.05) is 13.0 Å². The minimum Gasteiger partial charge on any atom is -0.309 e. The summed E-state index contributed by atoms with van der Waals surface area (Å²) in [6.07, 6.45) is 10.5. The molecule has 0 aromatic carbocycles. The van der Waals surface area contributed by atoms with Gasteiger partial charge in [0.25, 0.3) is 5.91 Å². The quantitative estimate of drug-likeness (QED) is 0.308. The van der Waals surface area contributed by atoms with Crippen LogP contribution in [0.3, 0.4) is 0 Å². The van der Waals surface area contributed by atoms with Crippen LogP contribution in [0.25, 0.3) is 0 Å². The third kappa shape index (κ3) is 3.07. The Bertz CT molecular complexity index is 1060. The molecule has 5 aliphatic carbocycles. The standard InChI is InChI=1S/C31H48N2O3/c1-26(2)22-9-12-31(7)24(29(22,5)11-10-23(26)32)21(34)17-19-20-18-28(4,25(35)33(8)36)14-13-27(20,3)15-16-30(19,31)6/h17,20,22,24,32,36H,9-16,18H2,1-8H3/t20-,22?,24+,27+,28-,29-,30+,31+/m0/s1. The summed E-state index contributed by atoms with van der Waals surface area (Å²) in [6.45, 7) is 16.1. The fourth-order valence-corrected chi connectivity index (χ4v) is 10.6. The van der Waals surface area contributed by atoms with Gasteiger partial charge in [-0.1, -0.05) is 54.0 Å². The third-order valence-corrected chi connectivity index (χ3v) is 13.2. The van der Waals surface area contributed by atoms with E-state index in [4.69, 9.17) is 5.41 Å². The highest BCUT2D eigenvalue weighted by Gasteiger charge is 2.70. The number of hydroxylamine groups is 2. The maximum atomic E-state index is 14.3. The number of amides is 1. The maximum Gasteiger partial charge on any atom is 0.251 e. The molecule has 4 fully saturated rings. The van der Waals surface area contributed by atoms with Crippen molar-refractivity contribution < 1.29 is 14.8 Å². The van der Waals surface area contributed by atoms with E-state index in [1.165, 1.54) is 12.6 Å². The zero-order chi connectivity index (χ0) is 26.7. The molecule has 0 saturated heterocycles. The second-order valence-electron chi connectivity index (χ2n) is 15.3. The number of allylic oxidation sites excluding steroid dienone is 2. The normalized spacial score (nSPS) is 49.7. The molecule has 1 amide bonds. The summed E-state index contributed by atoms with van der Waals surface area (Å²) in [5, 5.41) is 19.5. The minimum atomic E-state index is -0.606. The number of hydrogen-bond acceptors (Lipinski definition) is 4. The number of rotatable bonds is 1. The zero-order valence-corrected chi connectivity index (χ0v) is 23.9. The van der Waals surface area contributed by atoms with Crippen LogP contribution in [0, 0.1) is 55.7 Å². The van der Waals surface area contributed by atoms with Crippen molar-refractivity contribution in [2.24, 2.45) is 50.2 Å². The highest BCUT2D eigenvalue weighted by molar-refractivity contribution is 5.96. The molecule has 36 heavy (non-hydrogen) atoms. The topological polar surface area (TPSA) is 81.5 Å². The zero-order valence-electron chi connectivity index (χ0n) is 23.9. The number of hydrogen-bond donors (Lipinski definition) is 2. The van der Waals surface area contributed by atoms with Gasteiger partial charge in [-0.05, 0) is 97.4 Å². The summed E-state index contributed by atoms with van der Waals surface area (Å²) < 4.78 is 0. The second kappa shape index (κ2) is 7.55. The lowest BCUT2D eigenvalue weighted by Crippen LogP contribution is -2.66. The van der Waals surface area contributed by atoms with Crippen LogP contribution in [0.4, 0.5) is 0 Å². The Kier molecular flexibility index (Phi) is 5.48. The molecule has 5 heteroatoms. The van der Waals surface area contributed by atoms with Crippen molar-refractivity contribution in [1.29, 1.82) is 5.41 Å². The van der Waals surface area contributed by atoms with E-state index in [0.29, 0.717) is 18.1 Å². The van der Waals surface area contributed by atoms with Gasteiger partial charge in [0.15, 0.2) is 5.78 Å². The van der Waals surface area contributed by atoms with Crippen LogP contribution in [0.2, 0.25) is 0 Å². The van der Waals surface area contributed by atoms with Gasteiger partial charge in [0.05, 0.1) is 0 Å². The smallest absolute Gasteiger partial charge is 0.251 e. The summed E-state index contributed by atoms with van der Waals surface area (Å²) >= 11 is 0. The fraction of sp³-hybridized carbons (Fsp3) is 0.839. The first-order chi connectivity index (χ1) is 16.5. The van der Waals surface area contributed by atoms with E-state index in [2.05, 4.69) is 41.5 Å². The maximum absolute atomic E-state index is 14.3. The molecule has 0 aliphatic heterocycles. The van der Waals surface area contributed by atoms with Crippen molar-refractivity contribution in [3.8, 4) is 0 Å². The first-order valence-electron chi connectivity index (χ1n) is 14.3. The summed E-state index contributed by atoms with van der Waals surface area (Å²) in [5.74, 6) is 0.611. The lowest BCUT2D eigenvalue weighted by Gasteiger charge is -2.70. The molecule has 0 heterocycles. The van der Waals surface area contributed by atoms with Crippen LogP contribution in [-0.2, 0) is 9.59 Å². The molecule has 200 valence electrons. The fourth-order valence-electron chi connectivity index (χ4n) is 10.6. The SMILES string of the molecule is CN(O)C(=O)[C@@]1(C)CC[C@]2(C)CC[C@]3(C)C(=CC(=O)[C@@H]4[C@@]5(C)CCC(=N)C(C)(C)C5CC[C@]43C)[C@@H]2C1. The van der Waals surface area contributed by atoms with Gasteiger partial charge >= 0.3 is 0 Å². The lowest BCUT2D eigenvalue weighted by molar-refractivity contribution is -0.182. The van der Waals surface area contributed by atoms with E-state index in [0.717, 1.165) is 62.1 Å². The van der Waals surface area contributed by atoms with Crippen molar-refractivity contribution in [3.05, 3.63) is 11.6 Å². The Morgan fingerprint density at radius 1 is 1.00 bits per heavy atom. The number of nitrogens with one attached hydrogen (secondary N) is 1. The minimum absolute atomic E-state index is 0.0191. The van der Waals surface area contributed by atoms with Crippen molar-refractivity contribution >= 4 is 17.4 Å². The molecule has 0 spiro atoms. The van der Waals surface area contributed by atoms with Gasteiger partial charge in [-0.15, -0.1) is 0 Å². The summed E-state index contributed by atoms with van der Waals surface area (Å²) in [5.41, 5.74) is 1.17. The average Bonchev–Trinajstić information content (AvgIpc) is 2.78. The molecule has 2 N–H and O–H groups in total. The van der Waals surface area contributed by atoms with Gasteiger partial charge < -0.3 is 5.41 Å². The van der Waals surface area contributed by atoms with Crippen LogP contribution in [0.5, 0.6) is 0 Å². The highest BCUT2D eigenvalue weighted by Crippen LogP contribution is 2.74. The third-order valence-electron chi connectivity index (χ3n) is 13.2. The van der Waals surface area contributed by atoms with E-state index in [-0.39, 0.29) is 44.8 Å². The van der Waals surface area contributed by atoms with Gasteiger partial charge in [-0.25, -0.2) is 5.06 Å². The molecule has 5 nitrogen and oxygen atoms in total. The van der Waals surface area contributed by atoms with Gasteiger partial charge in [0.1, 0.15) is 0 Å². The van der Waals surface area contributed by atoms with E-state index >= 15 is 0 Å². The van der Waals surface area contributed by atoms with Crippen LogP contribution < -0.4 is 0 Å². The Morgan fingerprint density at radius 3 is 2.28 bits per heavy atom. The highest BCUT2D eigenvalue weighted by atomic mass is 16.5. The molecule has 0 aromatic heterocycles.